The van der Waals surface area contributed by atoms with Gasteiger partial charge in [0, 0.05) is 38.3 Å². The van der Waals surface area contributed by atoms with Crippen LogP contribution in [0, 0.1) is 0 Å². The number of amides is 2. The van der Waals surface area contributed by atoms with Gasteiger partial charge in [-0.2, -0.15) is 0 Å². The van der Waals surface area contributed by atoms with Crippen LogP contribution < -0.4 is 4.31 Å². The molecular weight excluding hydrogens is 406 g/mol. The zero-order valence-corrected chi connectivity index (χ0v) is 17.3. The molecule has 3 rings (SSSR count). The first-order chi connectivity index (χ1) is 13.3. The van der Waals surface area contributed by atoms with Gasteiger partial charge in [0.25, 0.3) is 5.91 Å². The van der Waals surface area contributed by atoms with Crippen molar-refractivity contribution in [1.29, 1.82) is 0 Å². The van der Waals surface area contributed by atoms with E-state index in [0.29, 0.717) is 62.0 Å². The van der Waals surface area contributed by atoms with Crippen LogP contribution in [0.5, 0.6) is 0 Å². The van der Waals surface area contributed by atoms with E-state index in [2.05, 4.69) is 0 Å². The molecule has 0 saturated carbocycles. The maximum absolute atomic E-state index is 12.9. The largest absolute Gasteiger partial charge is 0.450 e. The zero-order valence-electron chi connectivity index (χ0n) is 15.8. The normalized spacial score (nSPS) is 19.4. The Morgan fingerprint density at radius 1 is 1.07 bits per heavy atom. The number of piperazine rings is 1. The molecule has 0 radical (unpaired) electrons. The van der Waals surface area contributed by atoms with Crippen molar-refractivity contribution < 1.29 is 22.7 Å². The number of rotatable bonds is 3. The lowest BCUT2D eigenvalue weighted by molar-refractivity contribution is 0.0570. The van der Waals surface area contributed by atoms with Crippen molar-refractivity contribution in [2.24, 2.45) is 0 Å². The van der Waals surface area contributed by atoms with Crippen LogP contribution in [0.2, 0.25) is 5.02 Å². The molecule has 2 saturated heterocycles. The number of halogens is 1. The van der Waals surface area contributed by atoms with E-state index < -0.39 is 10.0 Å². The summed E-state index contributed by atoms with van der Waals surface area (Å²) >= 11 is 6.24. The molecule has 0 atom stereocenters. The Morgan fingerprint density at radius 3 is 2.39 bits per heavy atom. The van der Waals surface area contributed by atoms with Crippen LogP contribution in [0.25, 0.3) is 0 Å². The Morgan fingerprint density at radius 2 is 1.75 bits per heavy atom. The summed E-state index contributed by atoms with van der Waals surface area (Å²) < 4.78 is 31.1. The molecule has 0 spiro atoms. The number of carbonyl (C=O) groups is 2. The number of ether oxygens (including phenoxy) is 1. The Kier molecular flexibility index (Phi) is 6.34. The predicted octanol–water partition coefficient (Wildman–Crippen LogP) is 2.18. The molecule has 8 nitrogen and oxygen atoms in total. The first-order valence-corrected chi connectivity index (χ1v) is 11.3. The molecule has 28 heavy (non-hydrogen) atoms. The number of carbonyl (C=O) groups excluding carboxylic acids is 2. The molecule has 2 heterocycles. The van der Waals surface area contributed by atoms with Gasteiger partial charge in [0.15, 0.2) is 0 Å². The highest BCUT2D eigenvalue weighted by Crippen LogP contribution is 2.32. The number of nitrogens with zero attached hydrogens (tertiary/aromatic N) is 3. The van der Waals surface area contributed by atoms with Crippen LogP contribution in [0.15, 0.2) is 18.2 Å². The molecule has 2 aliphatic rings. The maximum atomic E-state index is 12.9. The molecule has 0 aliphatic carbocycles. The summed E-state index contributed by atoms with van der Waals surface area (Å²) in [6.07, 6.45) is 1.00. The Labute approximate surface area is 170 Å². The molecule has 1 aromatic carbocycles. The van der Waals surface area contributed by atoms with Gasteiger partial charge in [-0.05, 0) is 38.0 Å². The van der Waals surface area contributed by atoms with Gasteiger partial charge >= 0.3 is 6.09 Å². The summed E-state index contributed by atoms with van der Waals surface area (Å²) in [7, 11) is -3.42. The van der Waals surface area contributed by atoms with Crippen molar-refractivity contribution in [2.75, 3.05) is 49.4 Å². The first-order valence-electron chi connectivity index (χ1n) is 9.34. The molecule has 0 unspecified atom stereocenters. The van der Waals surface area contributed by atoms with Crippen LogP contribution in [0.1, 0.15) is 30.1 Å². The van der Waals surface area contributed by atoms with Crippen LogP contribution in [0.4, 0.5) is 10.5 Å². The van der Waals surface area contributed by atoms with E-state index in [4.69, 9.17) is 16.3 Å². The average molecular weight is 430 g/mol. The third-order valence-corrected chi connectivity index (χ3v) is 7.08. The van der Waals surface area contributed by atoms with Gasteiger partial charge in [-0.25, -0.2) is 13.2 Å². The van der Waals surface area contributed by atoms with E-state index in [9.17, 15) is 18.0 Å². The van der Waals surface area contributed by atoms with Gasteiger partial charge in [0.05, 0.1) is 23.1 Å². The van der Waals surface area contributed by atoms with Crippen molar-refractivity contribution in [3.8, 4) is 0 Å². The quantitative estimate of drug-likeness (QED) is 0.734. The Balaban J connectivity index is 1.74. The molecule has 154 valence electrons. The van der Waals surface area contributed by atoms with Crippen molar-refractivity contribution in [1.82, 2.24) is 9.80 Å². The lowest BCUT2D eigenvalue weighted by Gasteiger charge is -2.34. The summed E-state index contributed by atoms with van der Waals surface area (Å²) in [5.74, 6) is -0.132. The monoisotopic (exact) mass is 429 g/mol. The number of hydrogen-bond donors (Lipinski definition) is 0. The Bertz CT molecular complexity index is 853. The van der Waals surface area contributed by atoms with Gasteiger partial charge in [-0.3, -0.25) is 9.10 Å². The first kappa shape index (κ1) is 20.7. The van der Waals surface area contributed by atoms with E-state index in [0.717, 1.165) is 6.42 Å². The predicted molar refractivity (Wildman–Crippen MR) is 106 cm³/mol. The zero-order chi connectivity index (χ0) is 20.3. The smallest absolute Gasteiger partial charge is 0.409 e. The average Bonchev–Trinajstić information content (AvgIpc) is 2.68. The van der Waals surface area contributed by atoms with Gasteiger partial charge in [-0.15, -0.1) is 0 Å². The van der Waals surface area contributed by atoms with Crippen molar-refractivity contribution >= 4 is 39.3 Å². The van der Waals surface area contributed by atoms with E-state index in [1.54, 1.807) is 34.9 Å². The summed E-state index contributed by atoms with van der Waals surface area (Å²) in [5, 5.41) is 0.300. The lowest BCUT2D eigenvalue weighted by Crippen LogP contribution is -2.50. The molecule has 0 aromatic heterocycles. The molecule has 2 fully saturated rings. The molecule has 1 aromatic rings. The fraction of sp³-hybridized carbons (Fsp3) is 0.556. The Hall–Kier alpha value is -2.00. The van der Waals surface area contributed by atoms with E-state index in [-0.39, 0.29) is 17.8 Å². The highest BCUT2D eigenvalue weighted by Gasteiger charge is 2.30. The summed E-state index contributed by atoms with van der Waals surface area (Å²) in [6, 6.07) is 4.71. The van der Waals surface area contributed by atoms with Gasteiger partial charge < -0.3 is 14.5 Å². The number of anilines is 1. The molecule has 0 bridgehead atoms. The molecule has 0 N–H and O–H groups in total. The number of hydrogen-bond acceptors (Lipinski definition) is 5. The van der Waals surface area contributed by atoms with Gasteiger partial charge in [0.2, 0.25) is 10.0 Å². The molecular formula is C18H24ClN3O5S. The summed E-state index contributed by atoms with van der Waals surface area (Å²) in [6.45, 7) is 3.98. The number of benzene rings is 1. The molecule has 2 amide bonds. The van der Waals surface area contributed by atoms with Crippen LogP contribution in [-0.2, 0) is 14.8 Å². The van der Waals surface area contributed by atoms with Crippen LogP contribution in [0.3, 0.4) is 0 Å². The van der Waals surface area contributed by atoms with Gasteiger partial charge in [0.1, 0.15) is 0 Å². The topological polar surface area (TPSA) is 87.2 Å². The molecule has 10 heteroatoms. The van der Waals surface area contributed by atoms with Crippen LogP contribution in [-0.4, -0.2) is 75.3 Å². The van der Waals surface area contributed by atoms with Crippen molar-refractivity contribution in [2.45, 2.75) is 19.8 Å². The van der Waals surface area contributed by atoms with Crippen molar-refractivity contribution in [3.63, 3.8) is 0 Å². The second-order valence-electron chi connectivity index (χ2n) is 6.74. The summed E-state index contributed by atoms with van der Waals surface area (Å²) in [4.78, 5) is 27.9. The highest BCUT2D eigenvalue weighted by molar-refractivity contribution is 7.92. The third-order valence-electron chi connectivity index (χ3n) is 4.90. The molecule has 2 aliphatic heterocycles. The minimum atomic E-state index is -3.42. The fourth-order valence-electron chi connectivity index (χ4n) is 3.39. The second-order valence-corrected chi connectivity index (χ2v) is 9.16. The second kappa shape index (κ2) is 8.57. The van der Waals surface area contributed by atoms with E-state index >= 15 is 0 Å². The maximum Gasteiger partial charge on any atom is 0.409 e. The van der Waals surface area contributed by atoms with Crippen molar-refractivity contribution in [3.05, 3.63) is 28.8 Å². The van der Waals surface area contributed by atoms with Gasteiger partial charge in [-0.1, -0.05) is 11.6 Å². The van der Waals surface area contributed by atoms with E-state index in [1.807, 2.05) is 0 Å². The number of sulfonamides is 1. The van der Waals surface area contributed by atoms with Crippen LogP contribution >= 0.6 is 11.6 Å². The SMILES string of the molecule is CCOC(=O)N1CCN(C(=O)c2ccc(Cl)c(N3CCCCS3(=O)=O)c2)CC1. The third kappa shape index (κ3) is 4.35. The minimum Gasteiger partial charge on any atom is -0.450 e. The summed E-state index contributed by atoms with van der Waals surface area (Å²) in [5.41, 5.74) is 0.724. The fourth-order valence-corrected chi connectivity index (χ4v) is 5.30. The minimum absolute atomic E-state index is 0.0807. The lowest BCUT2D eigenvalue weighted by atomic mass is 10.1. The van der Waals surface area contributed by atoms with E-state index in [1.165, 1.54) is 4.31 Å². The highest BCUT2D eigenvalue weighted by atomic mass is 35.5. The standard InChI is InChI=1S/C18H24ClN3O5S/c1-2-27-18(24)21-10-8-20(9-11-21)17(23)14-5-6-15(19)16(13-14)22-7-3-4-12-28(22,25)26/h5-6,13H,2-4,7-12H2,1H3.